The van der Waals surface area contributed by atoms with Gasteiger partial charge in [-0.25, -0.2) is 0 Å². The van der Waals surface area contributed by atoms with Crippen LogP contribution >= 0.6 is 0 Å². The number of esters is 3. The van der Waals surface area contributed by atoms with E-state index in [0.717, 1.165) is 122 Å². The molecule has 0 aliphatic rings. The van der Waals surface area contributed by atoms with Crippen LogP contribution in [0.5, 0.6) is 0 Å². The highest BCUT2D eigenvalue weighted by Crippen LogP contribution is 2.13. The number of unbranched alkanes of at least 4 members (excludes halogenated alkanes) is 19. The third-order valence-corrected chi connectivity index (χ3v) is 9.93. The number of rotatable bonds is 42. The molecule has 0 aromatic rings. The second kappa shape index (κ2) is 48.7. The molecule has 6 nitrogen and oxygen atoms in total. The molecule has 0 aromatic carbocycles. The Morgan fingerprint density at radius 2 is 0.639 bits per heavy atom. The van der Waals surface area contributed by atoms with E-state index in [1.165, 1.54) is 38.5 Å². The summed E-state index contributed by atoms with van der Waals surface area (Å²) < 4.78 is 16.7. The van der Waals surface area contributed by atoms with Gasteiger partial charge in [-0.1, -0.05) is 207 Å². The summed E-state index contributed by atoms with van der Waals surface area (Å²) in [5.41, 5.74) is 0. The van der Waals surface area contributed by atoms with E-state index in [4.69, 9.17) is 14.2 Å². The standard InChI is InChI=1S/C55H88O6/c1-4-7-10-13-16-19-22-25-27-30-33-36-39-42-45-48-54(57)60-51-52(50-59-53(56)47-44-41-38-35-32-29-24-21-18-15-12-9-6-3)61-55(58)49-46-43-40-37-34-31-28-26-23-20-17-14-11-8-5-2/h7,9-10,12-13,15-27,52H,4-6,8,11,14,28-51H2,1-3H3/b10-7+,12-9+,16-13+,18-15+,20-17+,22-19+,24-21+,26-23+,27-25+. The number of hydrogen-bond acceptors (Lipinski definition) is 6. The molecule has 6 heteroatoms. The summed E-state index contributed by atoms with van der Waals surface area (Å²) in [6.07, 6.45) is 64.9. The maximum absolute atomic E-state index is 12.8. The van der Waals surface area contributed by atoms with E-state index in [1.54, 1.807) is 0 Å². The molecule has 0 N–H and O–H groups in total. The molecule has 0 amide bonds. The van der Waals surface area contributed by atoms with Crippen LogP contribution in [0.1, 0.15) is 201 Å². The van der Waals surface area contributed by atoms with Crippen molar-refractivity contribution in [2.24, 2.45) is 0 Å². The molecule has 344 valence electrons. The van der Waals surface area contributed by atoms with Gasteiger partial charge < -0.3 is 14.2 Å². The van der Waals surface area contributed by atoms with Crippen molar-refractivity contribution in [3.8, 4) is 0 Å². The topological polar surface area (TPSA) is 78.9 Å². The van der Waals surface area contributed by atoms with Gasteiger partial charge in [0.2, 0.25) is 0 Å². The minimum Gasteiger partial charge on any atom is -0.462 e. The van der Waals surface area contributed by atoms with Crippen LogP contribution in [0.25, 0.3) is 0 Å². The summed E-state index contributed by atoms with van der Waals surface area (Å²) in [5.74, 6) is -0.966. The number of hydrogen-bond donors (Lipinski definition) is 0. The lowest BCUT2D eigenvalue weighted by molar-refractivity contribution is -0.167. The second-order valence-electron chi connectivity index (χ2n) is 15.8. The highest BCUT2D eigenvalue weighted by molar-refractivity contribution is 5.71. The predicted octanol–water partition coefficient (Wildman–Crippen LogP) is 16.0. The number of allylic oxidation sites excluding steroid dienone is 18. The van der Waals surface area contributed by atoms with E-state index in [-0.39, 0.29) is 31.1 Å². The van der Waals surface area contributed by atoms with Gasteiger partial charge in [0.15, 0.2) is 6.10 Å². The third kappa shape index (κ3) is 47.0. The monoisotopic (exact) mass is 845 g/mol. The molecular weight excluding hydrogens is 757 g/mol. The average Bonchev–Trinajstić information content (AvgIpc) is 3.26. The summed E-state index contributed by atoms with van der Waals surface area (Å²) in [6.45, 7) is 6.27. The first-order valence-corrected chi connectivity index (χ1v) is 24.5. The van der Waals surface area contributed by atoms with Crippen LogP contribution in [0, 0.1) is 0 Å². The lowest BCUT2D eigenvalue weighted by Gasteiger charge is -2.18. The van der Waals surface area contributed by atoms with Gasteiger partial charge >= 0.3 is 17.9 Å². The van der Waals surface area contributed by atoms with E-state index in [1.807, 2.05) is 24.3 Å². The Hall–Kier alpha value is -3.93. The van der Waals surface area contributed by atoms with E-state index in [0.29, 0.717) is 19.3 Å². The van der Waals surface area contributed by atoms with Crippen LogP contribution < -0.4 is 0 Å². The minimum absolute atomic E-state index is 0.104. The number of carbonyl (C=O) groups excluding carboxylic acids is 3. The minimum atomic E-state index is -0.804. The molecule has 0 heterocycles. The number of carbonyl (C=O) groups is 3. The molecule has 0 spiro atoms. The van der Waals surface area contributed by atoms with E-state index >= 15 is 0 Å². The first-order valence-electron chi connectivity index (χ1n) is 24.5. The van der Waals surface area contributed by atoms with Gasteiger partial charge in [-0.05, 0) is 83.5 Å². The van der Waals surface area contributed by atoms with Crippen LogP contribution in [0.2, 0.25) is 0 Å². The van der Waals surface area contributed by atoms with Crippen molar-refractivity contribution in [3.63, 3.8) is 0 Å². The Bertz CT molecular complexity index is 1290. The molecule has 0 bridgehead atoms. The fourth-order valence-electron chi connectivity index (χ4n) is 6.26. The Labute approximate surface area is 374 Å². The lowest BCUT2D eigenvalue weighted by Crippen LogP contribution is -2.30. The van der Waals surface area contributed by atoms with Crippen molar-refractivity contribution in [2.45, 2.75) is 207 Å². The SMILES string of the molecule is CC/C=C/C=C/C=C/C=C/CCCCCCCC(=O)OCC(COC(=O)CCCCCCC/C=C/C=C/C=C/CC)OC(=O)CCCCCCCC/C=C/C=C/CCCCC. The highest BCUT2D eigenvalue weighted by Gasteiger charge is 2.19. The van der Waals surface area contributed by atoms with Crippen molar-refractivity contribution >= 4 is 17.9 Å². The van der Waals surface area contributed by atoms with Crippen LogP contribution in [0.3, 0.4) is 0 Å². The quantitative estimate of drug-likeness (QED) is 0.0264. The maximum atomic E-state index is 12.8. The molecule has 0 saturated heterocycles. The van der Waals surface area contributed by atoms with Crippen LogP contribution in [0.15, 0.2) is 109 Å². The molecular formula is C55H88O6. The fourth-order valence-corrected chi connectivity index (χ4v) is 6.26. The summed E-state index contributed by atoms with van der Waals surface area (Å²) >= 11 is 0. The van der Waals surface area contributed by atoms with Crippen molar-refractivity contribution in [2.75, 3.05) is 13.2 Å². The molecule has 0 fully saturated rings. The zero-order valence-corrected chi connectivity index (χ0v) is 39.1. The summed E-state index contributed by atoms with van der Waals surface area (Å²) in [6, 6.07) is 0. The second-order valence-corrected chi connectivity index (χ2v) is 15.8. The Balaban J connectivity index is 4.50. The van der Waals surface area contributed by atoms with Crippen LogP contribution in [-0.2, 0) is 28.6 Å². The molecule has 1 unspecified atom stereocenters. The van der Waals surface area contributed by atoms with Gasteiger partial charge in [0.1, 0.15) is 13.2 Å². The highest BCUT2D eigenvalue weighted by atomic mass is 16.6. The number of ether oxygens (including phenoxy) is 3. The zero-order chi connectivity index (χ0) is 44.4. The van der Waals surface area contributed by atoms with Crippen LogP contribution in [0.4, 0.5) is 0 Å². The molecule has 61 heavy (non-hydrogen) atoms. The molecule has 0 saturated carbocycles. The predicted molar refractivity (Wildman–Crippen MR) is 260 cm³/mol. The van der Waals surface area contributed by atoms with Crippen LogP contribution in [-0.4, -0.2) is 37.2 Å². The first kappa shape index (κ1) is 57.1. The van der Waals surface area contributed by atoms with Crippen molar-refractivity contribution in [1.29, 1.82) is 0 Å². The third-order valence-electron chi connectivity index (χ3n) is 9.93. The van der Waals surface area contributed by atoms with Gasteiger partial charge in [0, 0.05) is 19.3 Å². The molecule has 0 aromatic heterocycles. The van der Waals surface area contributed by atoms with E-state index in [2.05, 4.69) is 106 Å². The molecule has 0 aliphatic carbocycles. The molecule has 0 aliphatic heterocycles. The van der Waals surface area contributed by atoms with Crippen molar-refractivity contribution < 1.29 is 28.6 Å². The summed E-state index contributed by atoms with van der Waals surface area (Å²) in [5, 5.41) is 0. The Kier molecular flexibility index (Phi) is 45.6. The Morgan fingerprint density at radius 1 is 0.344 bits per heavy atom. The molecule has 0 rings (SSSR count). The van der Waals surface area contributed by atoms with Crippen molar-refractivity contribution in [1.82, 2.24) is 0 Å². The van der Waals surface area contributed by atoms with Gasteiger partial charge in [-0.15, -0.1) is 0 Å². The summed E-state index contributed by atoms with van der Waals surface area (Å²) in [4.78, 5) is 37.9. The van der Waals surface area contributed by atoms with Gasteiger partial charge in [0.05, 0.1) is 0 Å². The van der Waals surface area contributed by atoms with E-state index < -0.39 is 6.10 Å². The first-order chi connectivity index (χ1) is 30.0. The maximum Gasteiger partial charge on any atom is 0.306 e. The Morgan fingerprint density at radius 3 is 1.02 bits per heavy atom. The fraction of sp³-hybridized carbons (Fsp3) is 0.618. The van der Waals surface area contributed by atoms with Gasteiger partial charge in [0.25, 0.3) is 0 Å². The molecule has 0 radical (unpaired) electrons. The van der Waals surface area contributed by atoms with Gasteiger partial charge in [-0.3, -0.25) is 14.4 Å². The molecule has 1 atom stereocenters. The zero-order valence-electron chi connectivity index (χ0n) is 39.1. The largest absolute Gasteiger partial charge is 0.462 e. The summed E-state index contributed by atoms with van der Waals surface area (Å²) in [7, 11) is 0. The van der Waals surface area contributed by atoms with E-state index in [9.17, 15) is 14.4 Å². The average molecular weight is 845 g/mol. The normalized spacial score (nSPS) is 13.0. The van der Waals surface area contributed by atoms with Crippen molar-refractivity contribution in [3.05, 3.63) is 109 Å². The lowest BCUT2D eigenvalue weighted by atomic mass is 10.1. The smallest absolute Gasteiger partial charge is 0.306 e. The van der Waals surface area contributed by atoms with Gasteiger partial charge in [-0.2, -0.15) is 0 Å².